The molecule has 0 aromatic carbocycles. The molecule has 0 radical (unpaired) electrons. The standard InChI is InChI=1S/C15H28N4O/c1-6-8-13-14(16-7-2)17-11-18-15(13)19(5)9-10-20-12(3)4/h11-12H,6-10H2,1-5H3,(H,16,17,18). The summed E-state index contributed by atoms with van der Waals surface area (Å²) in [5.41, 5.74) is 1.20. The maximum absolute atomic E-state index is 5.61. The van der Waals surface area contributed by atoms with Crippen LogP contribution >= 0.6 is 0 Å². The van der Waals surface area contributed by atoms with Crippen molar-refractivity contribution in [3.8, 4) is 0 Å². The van der Waals surface area contributed by atoms with Gasteiger partial charge in [-0.05, 0) is 27.2 Å². The quantitative estimate of drug-likeness (QED) is 0.753. The summed E-state index contributed by atoms with van der Waals surface area (Å²) in [6.07, 6.45) is 3.95. The maximum Gasteiger partial charge on any atom is 0.137 e. The average molecular weight is 280 g/mol. The van der Waals surface area contributed by atoms with E-state index in [9.17, 15) is 0 Å². The molecule has 0 saturated carbocycles. The summed E-state index contributed by atoms with van der Waals surface area (Å²) in [4.78, 5) is 11.0. The lowest BCUT2D eigenvalue weighted by Crippen LogP contribution is -2.26. The molecule has 1 aromatic heterocycles. The number of ether oxygens (including phenoxy) is 1. The van der Waals surface area contributed by atoms with Crippen LogP contribution in [0.4, 0.5) is 11.6 Å². The van der Waals surface area contributed by atoms with Crippen molar-refractivity contribution in [2.75, 3.05) is 37.0 Å². The molecule has 1 aromatic rings. The third kappa shape index (κ3) is 4.96. The largest absolute Gasteiger partial charge is 0.377 e. The zero-order valence-corrected chi connectivity index (χ0v) is 13.4. The van der Waals surface area contributed by atoms with Gasteiger partial charge in [-0.25, -0.2) is 9.97 Å². The summed E-state index contributed by atoms with van der Waals surface area (Å²) in [7, 11) is 2.06. The predicted molar refractivity (Wildman–Crippen MR) is 84.5 cm³/mol. The number of nitrogens with one attached hydrogen (secondary N) is 1. The van der Waals surface area contributed by atoms with E-state index < -0.39 is 0 Å². The van der Waals surface area contributed by atoms with Crippen molar-refractivity contribution in [1.29, 1.82) is 0 Å². The molecule has 20 heavy (non-hydrogen) atoms. The van der Waals surface area contributed by atoms with Gasteiger partial charge in [-0.15, -0.1) is 0 Å². The number of aromatic nitrogens is 2. The fraction of sp³-hybridized carbons (Fsp3) is 0.733. The van der Waals surface area contributed by atoms with Gasteiger partial charge in [0.05, 0.1) is 12.7 Å². The topological polar surface area (TPSA) is 50.3 Å². The molecular formula is C15H28N4O. The Balaban J connectivity index is 2.83. The van der Waals surface area contributed by atoms with E-state index in [1.165, 1.54) is 5.56 Å². The zero-order valence-electron chi connectivity index (χ0n) is 13.4. The van der Waals surface area contributed by atoms with Crippen LogP contribution in [-0.4, -0.2) is 42.8 Å². The monoisotopic (exact) mass is 280 g/mol. The highest BCUT2D eigenvalue weighted by molar-refractivity contribution is 5.58. The van der Waals surface area contributed by atoms with Gasteiger partial charge in [0, 0.05) is 25.7 Å². The van der Waals surface area contributed by atoms with Crippen LogP contribution in [-0.2, 0) is 11.2 Å². The first-order valence-electron chi connectivity index (χ1n) is 7.50. The van der Waals surface area contributed by atoms with Crippen molar-refractivity contribution < 1.29 is 4.74 Å². The van der Waals surface area contributed by atoms with E-state index in [1.807, 2.05) is 0 Å². The summed E-state index contributed by atoms with van der Waals surface area (Å²) < 4.78 is 5.61. The van der Waals surface area contributed by atoms with Crippen LogP contribution in [0.2, 0.25) is 0 Å². The van der Waals surface area contributed by atoms with Crippen LogP contribution in [0.25, 0.3) is 0 Å². The second kappa shape index (κ2) is 8.74. The van der Waals surface area contributed by atoms with E-state index in [2.05, 4.69) is 54.9 Å². The molecule has 0 fully saturated rings. The minimum atomic E-state index is 0.265. The first-order chi connectivity index (χ1) is 9.60. The van der Waals surface area contributed by atoms with Crippen LogP contribution in [0.3, 0.4) is 0 Å². The summed E-state index contributed by atoms with van der Waals surface area (Å²) in [6.45, 7) is 10.8. The van der Waals surface area contributed by atoms with Gasteiger partial charge >= 0.3 is 0 Å². The summed E-state index contributed by atoms with van der Waals surface area (Å²) >= 11 is 0. The zero-order chi connectivity index (χ0) is 15.0. The molecule has 0 amide bonds. The van der Waals surface area contributed by atoms with Gasteiger partial charge in [0.2, 0.25) is 0 Å². The molecule has 0 saturated heterocycles. The molecule has 114 valence electrons. The molecule has 5 nitrogen and oxygen atoms in total. The fourth-order valence-electron chi connectivity index (χ4n) is 2.06. The smallest absolute Gasteiger partial charge is 0.137 e. The maximum atomic E-state index is 5.61. The molecule has 0 aliphatic carbocycles. The Morgan fingerprint density at radius 3 is 2.65 bits per heavy atom. The average Bonchev–Trinajstić information content (AvgIpc) is 2.40. The summed E-state index contributed by atoms with van der Waals surface area (Å²) in [5.74, 6) is 1.96. The van der Waals surface area contributed by atoms with Crippen LogP contribution in [0.5, 0.6) is 0 Å². The molecule has 5 heteroatoms. The normalized spacial score (nSPS) is 10.9. The van der Waals surface area contributed by atoms with Gasteiger partial charge in [-0.1, -0.05) is 13.3 Å². The second-order valence-electron chi connectivity index (χ2n) is 5.15. The van der Waals surface area contributed by atoms with Gasteiger partial charge < -0.3 is 15.0 Å². The Labute approximate surface area is 122 Å². The lowest BCUT2D eigenvalue weighted by Gasteiger charge is -2.23. The van der Waals surface area contributed by atoms with Crippen molar-refractivity contribution in [2.45, 2.75) is 46.6 Å². The first kappa shape index (κ1) is 16.7. The van der Waals surface area contributed by atoms with Gasteiger partial charge in [0.25, 0.3) is 0 Å². The predicted octanol–water partition coefficient (Wildman–Crippen LogP) is 2.72. The highest BCUT2D eigenvalue weighted by Gasteiger charge is 2.13. The van der Waals surface area contributed by atoms with Crippen LogP contribution in [0, 0.1) is 0 Å². The van der Waals surface area contributed by atoms with Crippen molar-refractivity contribution in [2.24, 2.45) is 0 Å². The number of likely N-dealkylation sites (N-methyl/N-ethyl adjacent to an activating group) is 1. The highest BCUT2D eigenvalue weighted by atomic mass is 16.5. The van der Waals surface area contributed by atoms with E-state index in [1.54, 1.807) is 6.33 Å². The molecule has 1 rings (SSSR count). The summed E-state index contributed by atoms with van der Waals surface area (Å²) in [6, 6.07) is 0. The molecule has 0 bridgehead atoms. The number of anilines is 2. The van der Waals surface area contributed by atoms with Crippen molar-refractivity contribution >= 4 is 11.6 Å². The van der Waals surface area contributed by atoms with E-state index >= 15 is 0 Å². The van der Waals surface area contributed by atoms with Crippen molar-refractivity contribution in [1.82, 2.24) is 9.97 Å². The minimum Gasteiger partial charge on any atom is -0.377 e. The third-order valence-electron chi connectivity index (χ3n) is 3.01. The minimum absolute atomic E-state index is 0.265. The van der Waals surface area contributed by atoms with Gasteiger partial charge in [0.15, 0.2) is 0 Å². The molecule has 0 unspecified atom stereocenters. The Kier molecular flexibility index (Phi) is 7.30. The van der Waals surface area contributed by atoms with Gasteiger partial charge in [-0.2, -0.15) is 0 Å². The molecule has 0 atom stereocenters. The number of nitrogens with zero attached hydrogens (tertiary/aromatic N) is 3. The molecular weight excluding hydrogens is 252 g/mol. The lowest BCUT2D eigenvalue weighted by atomic mass is 10.1. The Morgan fingerprint density at radius 1 is 1.30 bits per heavy atom. The first-order valence-corrected chi connectivity index (χ1v) is 7.50. The van der Waals surface area contributed by atoms with Crippen LogP contribution < -0.4 is 10.2 Å². The van der Waals surface area contributed by atoms with Gasteiger partial charge in [0.1, 0.15) is 18.0 Å². The SMILES string of the molecule is CCCc1c(NCC)ncnc1N(C)CCOC(C)C. The Morgan fingerprint density at radius 2 is 2.05 bits per heavy atom. The fourth-order valence-corrected chi connectivity index (χ4v) is 2.06. The van der Waals surface area contributed by atoms with E-state index in [-0.39, 0.29) is 6.10 Å². The highest BCUT2D eigenvalue weighted by Crippen LogP contribution is 2.24. The van der Waals surface area contributed by atoms with Crippen LogP contribution in [0.15, 0.2) is 6.33 Å². The molecule has 0 spiro atoms. The third-order valence-corrected chi connectivity index (χ3v) is 3.01. The van der Waals surface area contributed by atoms with E-state index in [4.69, 9.17) is 4.74 Å². The molecule has 0 aliphatic heterocycles. The lowest BCUT2D eigenvalue weighted by molar-refractivity contribution is 0.0845. The van der Waals surface area contributed by atoms with Crippen molar-refractivity contribution in [3.05, 3.63) is 11.9 Å². The molecule has 1 heterocycles. The van der Waals surface area contributed by atoms with Gasteiger partial charge in [-0.3, -0.25) is 0 Å². The van der Waals surface area contributed by atoms with E-state index in [0.717, 1.165) is 37.6 Å². The van der Waals surface area contributed by atoms with E-state index in [0.29, 0.717) is 6.61 Å². The number of rotatable bonds is 9. The van der Waals surface area contributed by atoms with Crippen molar-refractivity contribution in [3.63, 3.8) is 0 Å². The number of hydrogen-bond donors (Lipinski definition) is 1. The number of hydrogen-bond acceptors (Lipinski definition) is 5. The second-order valence-corrected chi connectivity index (χ2v) is 5.15. The molecule has 0 aliphatic rings. The molecule has 1 N–H and O–H groups in total. The Hall–Kier alpha value is -1.36. The Bertz CT molecular complexity index is 395. The summed E-state index contributed by atoms with van der Waals surface area (Å²) in [5, 5.41) is 3.32. The van der Waals surface area contributed by atoms with Crippen LogP contribution in [0.1, 0.15) is 39.7 Å².